The van der Waals surface area contributed by atoms with Crippen molar-refractivity contribution in [3.05, 3.63) is 21.9 Å². The fourth-order valence-electron chi connectivity index (χ4n) is 0.919. The van der Waals surface area contributed by atoms with Crippen LogP contribution in [0.15, 0.2) is 10.8 Å². The van der Waals surface area contributed by atoms with Gasteiger partial charge in [-0.3, -0.25) is 0 Å². The first-order valence-corrected chi connectivity index (χ1v) is 4.59. The summed E-state index contributed by atoms with van der Waals surface area (Å²) in [6, 6.07) is 0. The lowest BCUT2D eigenvalue weighted by Gasteiger charge is -2.12. The molecule has 4 heteroatoms. The highest BCUT2D eigenvalue weighted by molar-refractivity contribution is 7.08. The zero-order valence-corrected chi connectivity index (χ0v) is 7.63. The minimum Gasteiger partial charge on any atom is -0.325 e. The van der Waals surface area contributed by atoms with Gasteiger partial charge < -0.3 is 5.73 Å². The molecule has 1 nitrogen and oxygen atoms in total. The molecule has 0 saturated carbocycles. The molecule has 0 bridgehead atoms. The van der Waals surface area contributed by atoms with E-state index in [1.165, 1.54) is 11.3 Å². The van der Waals surface area contributed by atoms with Crippen molar-refractivity contribution in [3.8, 4) is 0 Å². The molecule has 0 aromatic carbocycles. The zero-order chi connectivity index (χ0) is 9.19. The molecule has 0 amide bonds. The zero-order valence-electron chi connectivity index (χ0n) is 6.81. The second-order valence-corrected chi connectivity index (χ2v) is 3.56. The molecule has 0 saturated heterocycles. The summed E-state index contributed by atoms with van der Waals surface area (Å²) in [4.78, 5) is 0. The van der Waals surface area contributed by atoms with Crippen molar-refractivity contribution < 1.29 is 8.78 Å². The lowest BCUT2D eigenvalue weighted by atomic mass is 10.1. The van der Waals surface area contributed by atoms with Crippen LogP contribution in [0.5, 0.6) is 0 Å². The summed E-state index contributed by atoms with van der Waals surface area (Å²) in [6.07, 6.45) is -0.237. The van der Waals surface area contributed by atoms with Crippen molar-refractivity contribution in [1.29, 1.82) is 0 Å². The van der Waals surface area contributed by atoms with Crippen molar-refractivity contribution in [3.63, 3.8) is 0 Å². The van der Waals surface area contributed by atoms with E-state index in [1.807, 2.05) is 12.3 Å². The number of thiophene rings is 1. The van der Waals surface area contributed by atoms with Gasteiger partial charge in [-0.2, -0.15) is 11.3 Å². The molecule has 0 aliphatic carbocycles. The highest BCUT2D eigenvalue weighted by atomic mass is 32.1. The Morgan fingerprint density at radius 3 is 2.58 bits per heavy atom. The molecule has 1 heterocycles. The number of halogens is 2. The van der Waals surface area contributed by atoms with E-state index in [2.05, 4.69) is 0 Å². The quantitative estimate of drug-likeness (QED) is 0.778. The van der Waals surface area contributed by atoms with Crippen LogP contribution in [0, 0.1) is 6.92 Å². The number of rotatable bonds is 3. The summed E-state index contributed by atoms with van der Waals surface area (Å²) in [5.74, 6) is -2.76. The Labute approximate surface area is 74.2 Å². The first kappa shape index (κ1) is 9.61. The topological polar surface area (TPSA) is 26.0 Å². The van der Waals surface area contributed by atoms with Crippen LogP contribution in [0.2, 0.25) is 0 Å². The van der Waals surface area contributed by atoms with Gasteiger partial charge in [-0.05, 0) is 28.8 Å². The molecule has 1 aromatic rings. The molecule has 0 spiro atoms. The summed E-state index contributed by atoms with van der Waals surface area (Å²) in [7, 11) is 0. The van der Waals surface area contributed by atoms with Gasteiger partial charge in [0.2, 0.25) is 0 Å². The summed E-state index contributed by atoms with van der Waals surface area (Å²) in [5.41, 5.74) is 6.55. The van der Waals surface area contributed by atoms with Crippen molar-refractivity contribution in [2.75, 3.05) is 6.54 Å². The maximum absolute atomic E-state index is 12.8. The number of hydrogen-bond donors (Lipinski definition) is 1. The number of hydrogen-bond acceptors (Lipinski definition) is 2. The van der Waals surface area contributed by atoms with E-state index in [-0.39, 0.29) is 6.42 Å². The Morgan fingerprint density at radius 1 is 1.50 bits per heavy atom. The Balaban J connectivity index is 2.70. The van der Waals surface area contributed by atoms with Crippen LogP contribution in [0.4, 0.5) is 8.78 Å². The van der Waals surface area contributed by atoms with Gasteiger partial charge >= 0.3 is 0 Å². The molecule has 0 fully saturated rings. The van der Waals surface area contributed by atoms with Gasteiger partial charge in [0.1, 0.15) is 0 Å². The largest absolute Gasteiger partial charge is 0.325 e. The Hall–Kier alpha value is -0.480. The summed E-state index contributed by atoms with van der Waals surface area (Å²) in [6.45, 7) is 1.25. The monoisotopic (exact) mass is 191 g/mol. The molecule has 12 heavy (non-hydrogen) atoms. The van der Waals surface area contributed by atoms with Crippen LogP contribution < -0.4 is 5.73 Å². The van der Waals surface area contributed by atoms with Gasteiger partial charge in [-0.25, -0.2) is 8.78 Å². The van der Waals surface area contributed by atoms with Gasteiger partial charge in [-0.1, -0.05) is 0 Å². The summed E-state index contributed by atoms with van der Waals surface area (Å²) in [5, 5.41) is 3.61. The lowest BCUT2D eigenvalue weighted by molar-refractivity contribution is 0.0114. The van der Waals surface area contributed by atoms with Crippen LogP contribution in [0.25, 0.3) is 0 Å². The van der Waals surface area contributed by atoms with Gasteiger partial charge in [-0.15, -0.1) is 0 Å². The molecule has 0 aliphatic heterocycles. The van der Waals surface area contributed by atoms with Gasteiger partial charge in [0.15, 0.2) is 0 Å². The fraction of sp³-hybridized carbons (Fsp3) is 0.500. The Bertz CT molecular complexity index is 257. The van der Waals surface area contributed by atoms with Crippen molar-refractivity contribution in [2.24, 2.45) is 5.73 Å². The summed E-state index contributed by atoms with van der Waals surface area (Å²) < 4.78 is 25.6. The standard InChI is InChI=1S/C8H11F2NS/c1-6-3-12-4-7(6)2-8(9,10)5-11/h3-4H,2,5,11H2,1H3. The van der Waals surface area contributed by atoms with E-state index in [4.69, 9.17) is 5.73 Å². The molecule has 1 aromatic heterocycles. The van der Waals surface area contributed by atoms with Gasteiger partial charge in [0.05, 0.1) is 6.54 Å². The van der Waals surface area contributed by atoms with E-state index in [9.17, 15) is 8.78 Å². The first-order chi connectivity index (χ1) is 5.55. The van der Waals surface area contributed by atoms with E-state index < -0.39 is 12.5 Å². The van der Waals surface area contributed by atoms with Gasteiger partial charge in [0, 0.05) is 6.42 Å². The minimum atomic E-state index is -2.76. The van der Waals surface area contributed by atoms with E-state index in [1.54, 1.807) is 5.38 Å². The van der Waals surface area contributed by atoms with E-state index in [0.29, 0.717) is 5.56 Å². The Morgan fingerprint density at radius 2 is 2.17 bits per heavy atom. The van der Waals surface area contributed by atoms with Gasteiger partial charge in [0.25, 0.3) is 5.92 Å². The molecular formula is C8H11F2NS. The smallest absolute Gasteiger partial charge is 0.264 e. The SMILES string of the molecule is Cc1cscc1CC(F)(F)CN. The molecule has 0 aliphatic rings. The third-order valence-electron chi connectivity index (χ3n) is 1.71. The second kappa shape index (κ2) is 3.49. The molecule has 0 atom stereocenters. The predicted octanol–water partition coefficient (Wildman–Crippen LogP) is 2.19. The second-order valence-electron chi connectivity index (χ2n) is 2.82. The third-order valence-corrected chi connectivity index (χ3v) is 2.62. The van der Waals surface area contributed by atoms with Crippen LogP contribution in [-0.2, 0) is 6.42 Å². The molecule has 0 unspecified atom stereocenters. The molecular weight excluding hydrogens is 180 g/mol. The first-order valence-electron chi connectivity index (χ1n) is 3.65. The van der Waals surface area contributed by atoms with Crippen LogP contribution >= 0.6 is 11.3 Å². The lowest BCUT2D eigenvalue weighted by Crippen LogP contribution is -2.30. The van der Waals surface area contributed by atoms with E-state index in [0.717, 1.165) is 5.56 Å². The minimum absolute atomic E-state index is 0.237. The molecule has 1 rings (SSSR count). The maximum atomic E-state index is 12.8. The number of alkyl halides is 2. The molecule has 0 radical (unpaired) electrons. The number of aryl methyl sites for hydroxylation is 1. The highest BCUT2D eigenvalue weighted by Gasteiger charge is 2.27. The normalized spacial score (nSPS) is 12.0. The van der Waals surface area contributed by atoms with Crippen molar-refractivity contribution in [2.45, 2.75) is 19.3 Å². The Kier molecular flexibility index (Phi) is 2.80. The van der Waals surface area contributed by atoms with Crippen LogP contribution in [0.3, 0.4) is 0 Å². The maximum Gasteiger partial charge on any atom is 0.264 e. The van der Waals surface area contributed by atoms with E-state index >= 15 is 0 Å². The highest BCUT2D eigenvalue weighted by Crippen LogP contribution is 2.23. The van der Waals surface area contributed by atoms with Crippen LogP contribution in [-0.4, -0.2) is 12.5 Å². The van der Waals surface area contributed by atoms with Crippen molar-refractivity contribution >= 4 is 11.3 Å². The molecule has 68 valence electrons. The number of nitrogens with two attached hydrogens (primary N) is 1. The average molecular weight is 191 g/mol. The average Bonchev–Trinajstić information content (AvgIpc) is 2.36. The summed E-state index contributed by atoms with van der Waals surface area (Å²) >= 11 is 1.44. The molecule has 2 N–H and O–H groups in total. The third kappa shape index (κ3) is 2.25. The van der Waals surface area contributed by atoms with Crippen LogP contribution in [0.1, 0.15) is 11.1 Å². The van der Waals surface area contributed by atoms with Crippen molar-refractivity contribution in [1.82, 2.24) is 0 Å². The fourth-order valence-corrected chi connectivity index (χ4v) is 1.78. The predicted molar refractivity (Wildman–Crippen MR) is 46.8 cm³/mol.